The average Bonchev–Trinajstić information content (AvgIpc) is 3.27. The van der Waals surface area contributed by atoms with Crippen molar-refractivity contribution in [2.75, 3.05) is 19.7 Å². The molecule has 2 aromatic rings. The number of likely N-dealkylation sites (tertiary alicyclic amines) is 1. The lowest BCUT2D eigenvalue weighted by atomic mass is 10.1. The molecule has 0 aliphatic carbocycles. The van der Waals surface area contributed by atoms with Gasteiger partial charge in [0.05, 0.1) is 6.61 Å². The third-order valence-electron chi connectivity index (χ3n) is 4.63. The van der Waals surface area contributed by atoms with Gasteiger partial charge in [0.2, 0.25) is 0 Å². The fourth-order valence-electron chi connectivity index (χ4n) is 3.19. The number of amidine groups is 2. The Hall–Kier alpha value is -2.95. The third kappa shape index (κ3) is 5.06. The minimum atomic E-state index is -0.616. The van der Waals surface area contributed by atoms with E-state index in [0.29, 0.717) is 12.4 Å². The molecule has 5 heteroatoms. The van der Waals surface area contributed by atoms with Gasteiger partial charge in [-0.1, -0.05) is 60.7 Å². The van der Waals surface area contributed by atoms with Crippen LogP contribution >= 0.6 is 0 Å². The number of hydrogen-bond donors (Lipinski definition) is 0. The van der Waals surface area contributed by atoms with Crippen LogP contribution in [-0.2, 0) is 9.53 Å². The van der Waals surface area contributed by atoms with E-state index in [2.05, 4.69) is 22.0 Å². The van der Waals surface area contributed by atoms with Crippen LogP contribution in [0.1, 0.15) is 37.8 Å². The van der Waals surface area contributed by atoms with Crippen molar-refractivity contribution in [1.82, 2.24) is 4.90 Å². The molecule has 1 heterocycles. The highest BCUT2D eigenvalue weighted by Gasteiger charge is 2.20. The lowest BCUT2D eigenvalue weighted by Gasteiger charge is -2.21. The second kappa shape index (κ2) is 9.83. The van der Waals surface area contributed by atoms with E-state index in [4.69, 9.17) is 9.73 Å². The van der Waals surface area contributed by atoms with Gasteiger partial charge in [-0.2, -0.15) is 0 Å². The van der Waals surface area contributed by atoms with Gasteiger partial charge in [-0.05, 0) is 26.7 Å². The molecule has 5 nitrogen and oxygen atoms in total. The van der Waals surface area contributed by atoms with Crippen LogP contribution in [0.4, 0.5) is 0 Å². The van der Waals surface area contributed by atoms with Crippen molar-refractivity contribution in [2.45, 2.75) is 32.7 Å². The fraction of sp³-hybridized carbons (Fsp3) is 0.348. The summed E-state index contributed by atoms with van der Waals surface area (Å²) < 4.78 is 5.12. The number of hydrogen-bond acceptors (Lipinski definition) is 3. The molecule has 2 aromatic carbocycles. The van der Waals surface area contributed by atoms with E-state index in [1.54, 1.807) is 13.8 Å². The van der Waals surface area contributed by atoms with Gasteiger partial charge in [0.15, 0.2) is 5.84 Å². The van der Waals surface area contributed by atoms with E-state index in [0.717, 1.165) is 42.9 Å². The van der Waals surface area contributed by atoms with Crippen LogP contribution < -0.4 is 0 Å². The summed E-state index contributed by atoms with van der Waals surface area (Å²) >= 11 is 0. The van der Waals surface area contributed by atoms with Crippen LogP contribution in [0.3, 0.4) is 0 Å². The highest BCUT2D eigenvalue weighted by molar-refractivity contribution is 6.12. The topological polar surface area (TPSA) is 54.3 Å². The molecule has 0 aromatic heterocycles. The van der Waals surface area contributed by atoms with Crippen molar-refractivity contribution in [3.8, 4) is 0 Å². The third-order valence-corrected chi connectivity index (χ3v) is 4.63. The maximum absolute atomic E-state index is 12.1. The van der Waals surface area contributed by atoms with Crippen molar-refractivity contribution in [3.05, 3.63) is 71.8 Å². The monoisotopic (exact) mass is 377 g/mol. The molecule has 0 bridgehead atoms. The van der Waals surface area contributed by atoms with Gasteiger partial charge in [-0.3, -0.25) is 4.99 Å². The average molecular weight is 377 g/mol. The molecule has 0 spiro atoms. The molecule has 28 heavy (non-hydrogen) atoms. The lowest BCUT2D eigenvalue weighted by molar-refractivity contribution is -0.144. The number of carbonyl (C=O) groups is 1. The molecular formula is C23H27N3O2. The Morgan fingerprint density at radius 3 is 2.14 bits per heavy atom. The maximum atomic E-state index is 12.1. The summed E-state index contributed by atoms with van der Waals surface area (Å²) in [4.78, 5) is 24.0. The molecule has 1 unspecified atom stereocenters. The summed E-state index contributed by atoms with van der Waals surface area (Å²) in [6, 6.07) is 19.3. The lowest BCUT2D eigenvalue weighted by Crippen LogP contribution is -2.30. The predicted octanol–water partition coefficient (Wildman–Crippen LogP) is 3.93. The summed E-state index contributed by atoms with van der Waals surface area (Å²) in [6.07, 6.45) is 2.31. The van der Waals surface area contributed by atoms with Gasteiger partial charge in [0.1, 0.15) is 11.9 Å². The van der Waals surface area contributed by atoms with Crippen LogP contribution in [-0.4, -0.2) is 48.3 Å². The van der Waals surface area contributed by atoms with Crippen LogP contribution in [0.2, 0.25) is 0 Å². The number of carbonyl (C=O) groups excluding carboxylic acids is 1. The maximum Gasteiger partial charge on any atom is 0.330 e. The van der Waals surface area contributed by atoms with E-state index in [1.807, 2.05) is 48.5 Å². The SMILES string of the molecule is CCOC(=O)C(C)N=C(N=C(c1ccccc1)N1CCCC1)c1ccccc1. The zero-order chi connectivity index (χ0) is 19.8. The van der Waals surface area contributed by atoms with Crippen molar-refractivity contribution in [2.24, 2.45) is 9.98 Å². The molecule has 3 rings (SSSR count). The first-order valence-electron chi connectivity index (χ1n) is 9.88. The molecular weight excluding hydrogens is 350 g/mol. The first-order chi connectivity index (χ1) is 13.7. The zero-order valence-electron chi connectivity index (χ0n) is 16.5. The number of esters is 1. The second-order valence-electron chi connectivity index (χ2n) is 6.74. The molecule has 1 saturated heterocycles. The van der Waals surface area contributed by atoms with E-state index >= 15 is 0 Å². The molecule has 0 N–H and O–H groups in total. The molecule has 1 aliphatic heterocycles. The number of nitrogens with zero attached hydrogens (tertiary/aromatic N) is 3. The summed E-state index contributed by atoms with van der Waals surface area (Å²) in [7, 11) is 0. The summed E-state index contributed by atoms with van der Waals surface area (Å²) in [5.74, 6) is 1.11. The minimum Gasteiger partial charge on any atom is -0.464 e. The summed E-state index contributed by atoms with van der Waals surface area (Å²) in [5.41, 5.74) is 1.93. The molecule has 0 saturated carbocycles. The summed E-state index contributed by atoms with van der Waals surface area (Å²) in [6.45, 7) is 5.83. The van der Waals surface area contributed by atoms with Gasteiger partial charge in [0, 0.05) is 24.2 Å². The largest absolute Gasteiger partial charge is 0.464 e. The Kier molecular flexibility index (Phi) is 6.95. The molecule has 1 atom stereocenters. The number of benzene rings is 2. The first kappa shape index (κ1) is 19.8. The Bertz CT molecular complexity index is 825. The van der Waals surface area contributed by atoms with E-state index in [9.17, 15) is 4.79 Å². The van der Waals surface area contributed by atoms with Crippen molar-refractivity contribution < 1.29 is 9.53 Å². The highest BCUT2D eigenvalue weighted by atomic mass is 16.5. The van der Waals surface area contributed by atoms with Crippen LogP contribution in [0.5, 0.6) is 0 Å². The standard InChI is InChI=1S/C23H27N3O2/c1-3-28-23(27)18(2)24-21(19-12-6-4-7-13-19)25-22(26-16-10-11-17-26)20-14-8-5-9-15-20/h4-9,12-15,18H,3,10-11,16-17H2,1-2H3. The van der Waals surface area contributed by atoms with Gasteiger partial charge >= 0.3 is 5.97 Å². The Morgan fingerprint density at radius 1 is 1.00 bits per heavy atom. The number of rotatable bonds is 5. The van der Waals surface area contributed by atoms with E-state index in [-0.39, 0.29) is 5.97 Å². The number of ether oxygens (including phenoxy) is 1. The Balaban J connectivity index is 2.05. The quantitative estimate of drug-likeness (QED) is 0.451. The predicted molar refractivity (Wildman–Crippen MR) is 113 cm³/mol. The zero-order valence-corrected chi connectivity index (χ0v) is 16.5. The molecule has 0 amide bonds. The van der Waals surface area contributed by atoms with Gasteiger partial charge < -0.3 is 9.64 Å². The van der Waals surface area contributed by atoms with Crippen molar-refractivity contribution in [3.63, 3.8) is 0 Å². The van der Waals surface area contributed by atoms with Gasteiger partial charge in [-0.25, -0.2) is 9.79 Å². The first-order valence-corrected chi connectivity index (χ1v) is 9.88. The van der Waals surface area contributed by atoms with Crippen LogP contribution in [0.25, 0.3) is 0 Å². The van der Waals surface area contributed by atoms with Gasteiger partial charge in [0.25, 0.3) is 0 Å². The second-order valence-corrected chi connectivity index (χ2v) is 6.74. The van der Waals surface area contributed by atoms with E-state index < -0.39 is 6.04 Å². The molecule has 1 aliphatic rings. The van der Waals surface area contributed by atoms with Crippen molar-refractivity contribution >= 4 is 17.6 Å². The van der Waals surface area contributed by atoms with Crippen LogP contribution in [0.15, 0.2) is 70.6 Å². The molecule has 0 radical (unpaired) electrons. The minimum absolute atomic E-state index is 0.339. The Morgan fingerprint density at radius 2 is 1.57 bits per heavy atom. The molecule has 146 valence electrons. The fourth-order valence-corrected chi connectivity index (χ4v) is 3.19. The van der Waals surface area contributed by atoms with Crippen LogP contribution in [0, 0.1) is 0 Å². The van der Waals surface area contributed by atoms with E-state index in [1.165, 1.54) is 0 Å². The summed E-state index contributed by atoms with van der Waals surface area (Å²) in [5, 5.41) is 0. The highest BCUT2D eigenvalue weighted by Crippen LogP contribution is 2.16. The van der Waals surface area contributed by atoms with Gasteiger partial charge in [-0.15, -0.1) is 0 Å². The van der Waals surface area contributed by atoms with Crippen molar-refractivity contribution in [1.29, 1.82) is 0 Å². The number of aliphatic imine (C=N–C) groups is 2. The normalized spacial score (nSPS) is 16.1. The smallest absolute Gasteiger partial charge is 0.330 e. The molecule has 1 fully saturated rings. The Labute approximate surface area is 166 Å².